The van der Waals surface area contributed by atoms with Gasteiger partial charge in [0.2, 0.25) is 6.79 Å². The maximum atomic E-state index is 12.4. The van der Waals surface area contributed by atoms with Gasteiger partial charge in [-0.05, 0) is 42.8 Å². The van der Waals surface area contributed by atoms with E-state index in [4.69, 9.17) is 23.7 Å². The van der Waals surface area contributed by atoms with Crippen LogP contribution in [-0.4, -0.2) is 52.6 Å². The summed E-state index contributed by atoms with van der Waals surface area (Å²) >= 11 is 0. The SMILES string of the molecule is CCn1cc(/C=C(\Cc2cc3c(cc2OC)OCO3)C(=O)O)c(-c2cccc(OCOCc3ccccc3C(=O)O)c2)n1. The van der Waals surface area contributed by atoms with Crippen LogP contribution in [0.2, 0.25) is 0 Å². The lowest BCUT2D eigenvalue weighted by Crippen LogP contribution is -2.07. The van der Waals surface area contributed by atoms with Gasteiger partial charge in [0.15, 0.2) is 18.3 Å². The summed E-state index contributed by atoms with van der Waals surface area (Å²) in [5, 5.41) is 24.1. The Hall–Kier alpha value is -5.29. The molecule has 0 aliphatic carbocycles. The summed E-state index contributed by atoms with van der Waals surface area (Å²) in [6, 6.07) is 17.3. The molecule has 11 nitrogen and oxygen atoms in total. The van der Waals surface area contributed by atoms with E-state index in [1.807, 2.05) is 13.0 Å². The summed E-state index contributed by atoms with van der Waals surface area (Å²) in [6.45, 7) is 2.59. The predicted octanol–water partition coefficient (Wildman–Crippen LogP) is 5.27. The van der Waals surface area contributed by atoms with E-state index in [2.05, 4.69) is 5.10 Å². The molecule has 0 atom stereocenters. The minimum atomic E-state index is -1.08. The molecular formula is C32H30N2O9. The highest BCUT2D eigenvalue weighted by Gasteiger charge is 2.21. The van der Waals surface area contributed by atoms with Gasteiger partial charge in [-0.1, -0.05) is 30.3 Å². The van der Waals surface area contributed by atoms with Crippen LogP contribution in [0.1, 0.15) is 34.0 Å². The van der Waals surface area contributed by atoms with Crippen molar-refractivity contribution >= 4 is 18.0 Å². The van der Waals surface area contributed by atoms with E-state index in [1.54, 1.807) is 65.5 Å². The number of benzene rings is 3. The molecule has 0 saturated carbocycles. The van der Waals surface area contributed by atoms with Crippen LogP contribution in [0.25, 0.3) is 17.3 Å². The van der Waals surface area contributed by atoms with Crippen molar-refractivity contribution in [3.63, 3.8) is 0 Å². The number of carboxylic acids is 2. The smallest absolute Gasteiger partial charge is 0.336 e. The Balaban J connectivity index is 1.36. The molecule has 0 bridgehead atoms. The maximum absolute atomic E-state index is 12.4. The predicted molar refractivity (Wildman–Crippen MR) is 155 cm³/mol. The lowest BCUT2D eigenvalue weighted by molar-refractivity contribution is -0.132. The number of aryl methyl sites for hydroxylation is 1. The van der Waals surface area contributed by atoms with Gasteiger partial charge in [0, 0.05) is 47.5 Å². The fourth-order valence-corrected chi connectivity index (χ4v) is 4.65. The third-order valence-corrected chi connectivity index (χ3v) is 6.80. The molecule has 11 heteroatoms. The van der Waals surface area contributed by atoms with Gasteiger partial charge < -0.3 is 33.9 Å². The van der Waals surface area contributed by atoms with Crippen molar-refractivity contribution in [1.82, 2.24) is 9.78 Å². The molecule has 0 unspecified atom stereocenters. The molecule has 43 heavy (non-hydrogen) atoms. The van der Waals surface area contributed by atoms with Gasteiger partial charge in [-0.25, -0.2) is 9.59 Å². The number of methoxy groups -OCH3 is 1. The van der Waals surface area contributed by atoms with Crippen LogP contribution in [0, 0.1) is 0 Å². The minimum absolute atomic E-state index is 0.0735. The van der Waals surface area contributed by atoms with Crippen LogP contribution in [0.5, 0.6) is 23.0 Å². The van der Waals surface area contributed by atoms with Gasteiger partial charge in [-0.2, -0.15) is 5.10 Å². The van der Waals surface area contributed by atoms with Gasteiger partial charge in [0.05, 0.1) is 25.0 Å². The van der Waals surface area contributed by atoms with Crippen molar-refractivity contribution in [3.8, 4) is 34.3 Å². The molecule has 2 heterocycles. The monoisotopic (exact) mass is 586 g/mol. The Morgan fingerprint density at radius 1 is 1.02 bits per heavy atom. The summed E-state index contributed by atoms with van der Waals surface area (Å²) in [6.07, 6.45) is 3.49. The highest BCUT2D eigenvalue weighted by atomic mass is 16.7. The summed E-state index contributed by atoms with van der Waals surface area (Å²) in [4.78, 5) is 23.8. The number of carbonyl (C=O) groups is 2. The molecule has 0 amide bonds. The van der Waals surface area contributed by atoms with E-state index in [-0.39, 0.29) is 37.8 Å². The average molecular weight is 587 g/mol. The Labute approximate surface area is 247 Å². The number of aromatic carboxylic acids is 1. The van der Waals surface area contributed by atoms with Crippen molar-refractivity contribution < 1.29 is 43.5 Å². The summed E-state index contributed by atoms with van der Waals surface area (Å²) < 4.78 is 29.5. The first-order valence-electron chi connectivity index (χ1n) is 13.5. The van der Waals surface area contributed by atoms with Crippen molar-refractivity contribution in [2.75, 3.05) is 20.7 Å². The second-order valence-electron chi connectivity index (χ2n) is 9.56. The third-order valence-electron chi connectivity index (χ3n) is 6.80. The molecule has 3 aromatic carbocycles. The number of ether oxygens (including phenoxy) is 5. The third kappa shape index (κ3) is 6.79. The van der Waals surface area contributed by atoms with Gasteiger partial charge in [-0.3, -0.25) is 4.68 Å². The van der Waals surface area contributed by atoms with Crippen molar-refractivity contribution in [3.05, 3.63) is 94.7 Å². The highest BCUT2D eigenvalue weighted by Crippen LogP contribution is 2.39. The lowest BCUT2D eigenvalue weighted by Gasteiger charge is -2.11. The number of fused-ring (bicyclic) bond motifs is 1. The highest BCUT2D eigenvalue weighted by molar-refractivity contribution is 5.94. The van der Waals surface area contributed by atoms with Gasteiger partial charge in [0.25, 0.3) is 0 Å². The topological polar surface area (TPSA) is 139 Å². The quantitative estimate of drug-likeness (QED) is 0.121. The average Bonchev–Trinajstić information content (AvgIpc) is 3.65. The van der Waals surface area contributed by atoms with Crippen LogP contribution in [0.3, 0.4) is 0 Å². The number of aliphatic carboxylic acids is 1. The Kier molecular flexibility index (Phi) is 8.92. The van der Waals surface area contributed by atoms with Crippen molar-refractivity contribution in [2.24, 2.45) is 0 Å². The number of nitrogens with zero attached hydrogens (tertiary/aromatic N) is 2. The number of carboxylic acid groups (broad SMARTS) is 2. The van der Waals surface area contributed by atoms with Crippen LogP contribution >= 0.6 is 0 Å². The summed E-state index contributed by atoms with van der Waals surface area (Å²) in [5.74, 6) is -0.00990. The zero-order valence-electron chi connectivity index (χ0n) is 23.6. The Morgan fingerprint density at radius 3 is 2.56 bits per heavy atom. The second kappa shape index (κ2) is 13.1. The maximum Gasteiger partial charge on any atom is 0.336 e. The Bertz CT molecular complexity index is 1680. The first kappa shape index (κ1) is 29.2. The molecule has 1 aromatic heterocycles. The van der Waals surface area contributed by atoms with Gasteiger partial charge >= 0.3 is 11.9 Å². The summed E-state index contributed by atoms with van der Waals surface area (Å²) in [7, 11) is 1.52. The molecule has 1 aliphatic rings. The number of hydrogen-bond donors (Lipinski definition) is 2. The van der Waals surface area contributed by atoms with Gasteiger partial charge in [0.1, 0.15) is 11.5 Å². The zero-order valence-corrected chi connectivity index (χ0v) is 23.6. The first-order valence-corrected chi connectivity index (χ1v) is 13.5. The fourth-order valence-electron chi connectivity index (χ4n) is 4.65. The summed E-state index contributed by atoms with van der Waals surface area (Å²) in [5.41, 5.74) is 3.42. The standard InChI is InChI=1S/C32H30N2O9/c1-3-34-16-24(12-23(31(35)36)11-22-14-28-29(43-19-42-28)15-27(22)39-2)30(33-34)20-8-6-9-25(13-20)41-18-40-17-21-7-4-5-10-26(21)32(37)38/h4-10,12-16H,3,11,17-19H2,1-2H3,(H,35,36)(H,37,38)/b23-12+. The molecule has 1 aliphatic heterocycles. The molecule has 5 rings (SSSR count). The number of rotatable bonds is 13. The van der Waals surface area contributed by atoms with E-state index in [9.17, 15) is 19.8 Å². The number of hydrogen-bond acceptors (Lipinski definition) is 8. The molecular weight excluding hydrogens is 556 g/mol. The number of aromatic nitrogens is 2. The van der Waals surface area contributed by atoms with E-state index in [0.29, 0.717) is 51.9 Å². The van der Waals surface area contributed by atoms with E-state index in [1.165, 1.54) is 13.2 Å². The lowest BCUT2D eigenvalue weighted by atomic mass is 10.00. The van der Waals surface area contributed by atoms with E-state index in [0.717, 1.165) is 5.56 Å². The van der Waals surface area contributed by atoms with Gasteiger partial charge in [-0.15, -0.1) is 0 Å². The van der Waals surface area contributed by atoms with E-state index < -0.39 is 11.9 Å². The molecule has 0 spiro atoms. The molecule has 0 saturated heterocycles. The molecule has 222 valence electrons. The van der Waals surface area contributed by atoms with E-state index >= 15 is 0 Å². The molecule has 0 radical (unpaired) electrons. The van der Waals surface area contributed by atoms with Crippen LogP contribution in [0.15, 0.2) is 72.4 Å². The molecule has 4 aromatic rings. The second-order valence-corrected chi connectivity index (χ2v) is 9.56. The van der Waals surface area contributed by atoms with Crippen LogP contribution in [-0.2, 0) is 29.1 Å². The molecule has 0 fully saturated rings. The zero-order chi connectivity index (χ0) is 30.3. The van der Waals surface area contributed by atoms with Crippen LogP contribution < -0.4 is 18.9 Å². The normalized spacial score (nSPS) is 12.3. The Morgan fingerprint density at radius 2 is 1.81 bits per heavy atom. The molecule has 2 N–H and O–H groups in total. The van der Waals surface area contributed by atoms with Crippen molar-refractivity contribution in [2.45, 2.75) is 26.5 Å². The van der Waals surface area contributed by atoms with Crippen molar-refractivity contribution in [1.29, 1.82) is 0 Å². The first-order chi connectivity index (χ1) is 20.9. The van der Waals surface area contributed by atoms with Crippen LogP contribution in [0.4, 0.5) is 0 Å². The largest absolute Gasteiger partial charge is 0.496 e. The minimum Gasteiger partial charge on any atom is -0.496 e. The fraction of sp³-hybridized carbons (Fsp3) is 0.219.